The molecule has 1 aromatic heterocycles. The first-order valence-electron chi connectivity index (χ1n) is 6.98. The van der Waals surface area contributed by atoms with Crippen LogP contribution in [0, 0.1) is 6.92 Å². The van der Waals surface area contributed by atoms with Crippen molar-refractivity contribution >= 4 is 0 Å². The average molecular weight is 257 g/mol. The van der Waals surface area contributed by atoms with Gasteiger partial charge >= 0.3 is 0 Å². The number of nitrogens with zero attached hydrogens (tertiary/aromatic N) is 2. The third kappa shape index (κ3) is 3.67. The lowest BCUT2D eigenvalue weighted by Crippen LogP contribution is -2.16. The highest BCUT2D eigenvalue weighted by molar-refractivity contribution is 5.22. The minimum atomic E-state index is 0.376. The lowest BCUT2D eigenvalue weighted by molar-refractivity contribution is 0.548. The maximum atomic E-state index is 4.35. The van der Waals surface area contributed by atoms with E-state index in [9.17, 15) is 0 Å². The molecular weight excluding hydrogens is 234 g/mol. The normalized spacial score (nSPS) is 12.6. The van der Waals surface area contributed by atoms with E-state index in [1.807, 2.05) is 17.9 Å². The van der Waals surface area contributed by atoms with Crippen molar-refractivity contribution in [3.8, 4) is 0 Å². The molecule has 0 spiro atoms. The van der Waals surface area contributed by atoms with Gasteiger partial charge in [-0.25, -0.2) is 0 Å². The third-order valence-corrected chi connectivity index (χ3v) is 3.53. The molecule has 1 aromatic carbocycles. The maximum Gasteiger partial charge on any atom is 0.0537 e. The van der Waals surface area contributed by atoms with E-state index in [4.69, 9.17) is 0 Å². The Labute approximate surface area is 115 Å². The molecule has 0 bridgehead atoms. The highest BCUT2D eigenvalue weighted by Gasteiger charge is 2.11. The van der Waals surface area contributed by atoms with Crippen LogP contribution in [0.2, 0.25) is 0 Å². The monoisotopic (exact) mass is 257 g/mol. The SMILES string of the molecule is CCn1cc(C(CCc2cccc(C)c2)NC)cn1. The number of aryl methyl sites for hydroxylation is 3. The predicted molar refractivity (Wildman–Crippen MR) is 79.2 cm³/mol. The van der Waals surface area contributed by atoms with E-state index in [1.54, 1.807) is 0 Å². The second kappa shape index (κ2) is 6.53. The Kier molecular flexibility index (Phi) is 4.74. The van der Waals surface area contributed by atoms with Gasteiger partial charge < -0.3 is 5.32 Å². The molecule has 0 radical (unpaired) electrons. The molecule has 0 aliphatic heterocycles. The fourth-order valence-electron chi connectivity index (χ4n) is 2.39. The zero-order valence-corrected chi connectivity index (χ0v) is 12.1. The van der Waals surface area contributed by atoms with Crippen LogP contribution in [0.1, 0.15) is 36.1 Å². The molecule has 3 heteroatoms. The predicted octanol–water partition coefficient (Wildman–Crippen LogP) is 3.10. The molecule has 1 unspecified atom stereocenters. The second-order valence-corrected chi connectivity index (χ2v) is 5.00. The van der Waals surface area contributed by atoms with Gasteiger partial charge in [0.05, 0.1) is 6.20 Å². The number of aromatic nitrogens is 2. The van der Waals surface area contributed by atoms with Gasteiger partial charge in [0, 0.05) is 24.3 Å². The molecule has 0 amide bonds. The number of hydrogen-bond acceptors (Lipinski definition) is 2. The van der Waals surface area contributed by atoms with Crippen molar-refractivity contribution in [1.82, 2.24) is 15.1 Å². The van der Waals surface area contributed by atoms with Crippen molar-refractivity contribution in [2.24, 2.45) is 0 Å². The minimum Gasteiger partial charge on any atom is -0.313 e. The summed E-state index contributed by atoms with van der Waals surface area (Å²) in [5, 5.41) is 7.74. The third-order valence-electron chi connectivity index (χ3n) is 3.53. The van der Waals surface area contributed by atoms with Gasteiger partial charge in [0.15, 0.2) is 0 Å². The van der Waals surface area contributed by atoms with Crippen molar-refractivity contribution < 1.29 is 0 Å². The molecule has 3 nitrogen and oxygen atoms in total. The molecule has 1 N–H and O–H groups in total. The van der Waals surface area contributed by atoms with E-state index in [0.29, 0.717) is 6.04 Å². The van der Waals surface area contributed by atoms with Gasteiger partial charge in [-0.1, -0.05) is 29.8 Å². The topological polar surface area (TPSA) is 29.9 Å². The fraction of sp³-hybridized carbons (Fsp3) is 0.438. The quantitative estimate of drug-likeness (QED) is 0.861. The number of rotatable bonds is 6. The Morgan fingerprint density at radius 2 is 2.21 bits per heavy atom. The van der Waals surface area contributed by atoms with Gasteiger partial charge in [-0.05, 0) is 39.3 Å². The number of nitrogens with one attached hydrogen (secondary N) is 1. The Hall–Kier alpha value is -1.61. The fourth-order valence-corrected chi connectivity index (χ4v) is 2.39. The summed E-state index contributed by atoms with van der Waals surface area (Å²) < 4.78 is 1.98. The van der Waals surface area contributed by atoms with Gasteiger partial charge in [0.2, 0.25) is 0 Å². The van der Waals surface area contributed by atoms with E-state index < -0.39 is 0 Å². The summed E-state index contributed by atoms with van der Waals surface area (Å²) in [7, 11) is 2.02. The van der Waals surface area contributed by atoms with Crippen LogP contribution in [0.4, 0.5) is 0 Å². The average Bonchev–Trinajstić information content (AvgIpc) is 2.88. The van der Waals surface area contributed by atoms with Crippen molar-refractivity contribution in [3.63, 3.8) is 0 Å². The highest BCUT2D eigenvalue weighted by Crippen LogP contribution is 2.18. The van der Waals surface area contributed by atoms with Gasteiger partial charge in [-0.2, -0.15) is 5.10 Å². The van der Waals surface area contributed by atoms with Crippen molar-refractivity contribution in [2.45, 2.75) is 39.3 Å². The maximum absolute atomic E-state index is 4.35. The molecule has 19 heavy (non-hydrogen) atoms. The summed E-state index contributed by atoms with van der Waals surface area (Å²) in [6.45, 7) is 5.18. The van der Waals surface area contributed by atoms with E-state index in [-0.39, 0.29) is 0 Å². The van der Waals surface area contributed by atoms with Crippen LogP contribution in [-0.2, 0) is 13.0 Å². The van der Waals surface area contributed by atoms with E-state index in [1.165, 1.54) is 16.7 Å². The van der Waals surface area contributed by atoms with Crippen molar-refractivity contribution in [2.75, 3.05) is 7.05 Å². The van der Waals surface area contributed by atoms with Crippen molar-refractivity contribution in [1.29, 1.82) is 0 Å². The van der Waals surface area contributed by atoms with Gasteiger partial charge in [-0.15, -0.1) is 0 Å². The zero-order valence-electron chi connectivity index (χ0n) is 12.1. The Morgan fingerprint density at radius 1 is 1.37 bits per heavy atom. The standard InChI is InChI=1S/C16H23N3/c1-4-19-12-15(11-18-19)16(17-3)9-8-14-7-5-6-13(2)10-14/h5-7,10-12,16-17H,4,8-9H2,1-3H3. The first-order valence-corrected chi connectivity index (χ1v) is 6.98. The van der Waals surface area contributed by atoms with Crippen LogP contribution >= 0.6 is 0 Å². The van der Waals surface area contributed by atoms with Gasteiger partial charge in [0.25, 0.3) is 0 Å². The number of benzene rings is 1. The molecule has 0 fully saturated rings. The van der Waals surface area contributed by atoms with Crippen LogP contribution in [0.3, 0.4) is 0 Å². The molecule has 2 aromatic rings. The summed E-state index contributed by atoms with van der Waals surface area (Å²) in [5.74, 6) is 0. The minimum absolute atomic E-state index is 0.376. The second-order valence-electron chi connectivity index (χ2n) is 5.00. The first kappa shape index (κ1) is 13.8. The molecular formula is C16H23N3. The summed E-state index contributed by atoms with van der Waals surface area (Å²) in [6.07, 6.45) is 6.29. The van der Waals surface area contributed by atoms with Crippen molar-refractivity contribution in [3.05, 3.63) is 53.3 Å². The molecule has 1 heterocycles. The molecule has 1 atom stereocenters. The molecule has 0 aliphatic rings. The van der Waals surface area contributed by atoms with Crippen LogP contribution in [0.5, 0.6) is 0 Å². The zero-order chi connectivity index (χ0) is 13.7. The smallest absolute Gasteiger partial charge is 0.0537 e. The van der Waals surface area contributed by atoms with Crippen LogP contribution < -0.4 is 5.32 Å². The highest BCUT2D eigenvalue weighted by atomic mass is 15.3. The van der Waals surface area contributed by atoms with Crippen LogP contribution in [-0.4, -0.2) is 16.8 Å². The largest absolute Gasteiger partial charge is 0.313 e. The van der Waals surface area contributed by atoms with Gasteiger partial charge in [0.1, 0.15) is 0 Å². The van der Waals surface area contributed by atoms with Crippen LogP contribution in [0.25, 0.3) is 0 Å². The van der Waals surface area contributed by atoms with E-state index in [2.05, 4.69) is 54.7 Å². The van der Waals surface area contributed by atoms with E-state index in [0.717, 1.165) is 19.4 Å². The summed E-state index contributed by atoms with van der Waals surface area (Å²) in [6, 6.07) is 9.12. The summed E-state index contributed by atoms with van der Waals surface area (Å²) in [4.78, 5) is 0. The summed E-state index contributed by atoms with van der Waals surface area (Å²) >= 11 is 0. The molecule has 0 aliphatic carbocycles. The lowest BCUT2D eigenvalue weighted by atomic mass is 10.0. The lowest BCUT2D eigenvalue weighted by Gasteiger charge is -2.14. The Morgan fingerprint density at radius 3 is 2.84 bits per heavy atom. The first-order chi connectivity index (χ1) is 9.22. The molecule has 102 valence electrons. The molecule has 0 saturated heterocycles. The number of hydrogen-bond donors (Lipinski definition) is 1. The summed E-state index contributed by atoms with van der Waals surface area (Å²) in [5.41, 5.74) is 4.01. The Bertz CT molecular complexity index is 516. The Balaban J connectivity index is 1.99. The van der Waals surface area contributed by atoms with Gasteiger partial charge in [-0.3, -0.25) is 4.68 Å². The molecule has 2 rings (SSSR count). The van der Waals surface area contributed by atoms with Crippen LogP contribution in [0.15, 0.2) is 36.7 Å². The van der Waals surface area contributed by atoms with E-state index >= 15 is 0 Å². The molecule has 0 saturated carbocycles.